The molecule has 0 spiro atoms. The number of hydrogen-bond acceptors (Lipinski definition) is 0. The minimum atomic E-state index is 0.612. The van der Waals surface area contributed by atoms with Crippen molar-refractivity contribution in [2.24, 2.45) is 0 Å². The molecule has 0 saturated carbocycles. The fourth-order valence-electron chi connectivity index (χ4n) is 1.83. The molecule has 100 valence electrons. The fourth-order valence-corrected chi connectivity index (χ4v) is 2.01. The Morgan fingerprint density at radius 3 is 1.15 bits per heavy atom. The van der Waals surface area contributed by atoms with Crippen LogP contribution in [0.25, 0.3) is 11.1 Å². The Bertz CT molecular complexity index is 551. The lowest BCUT2D eigenvalue weighted by atomic mass is 10.1. The molecule has 0 amide bonds. The van der Waals surface area contributed by atoms with E-state index < -0.39 is 0 Å². The van der Waals surface area contributed by atoms with Gasteiger partial charge in [0.25, 0.3) is 0 Å². The maximum atomic E-state index is 5.53. The summed E-state index contributed by atoms with van der Waals surface area (Å²) in [5, 5.41) is 0. The molecule has 20 heavy (non-hydrogen) atoms. The minimum absolute atomic E-state index is 0.612. The third-order valence-electron chi connectivity index (χ3n) is 2.88. The van der Waals surface area contributed by atoms with Gasteiger partial charge in [-0.3, -0.25) is 0 Å². The van der Waals surface area contributed by atoms with E-state index in [0.29, 0.717) is 5.88 Å². The van der Waals surface area contributed by atoms with Crippen LogP contribution in [0.5, 0.6) is 0 Å². The van der Waals surface area contributed by atoms with Gasteiger partial charge in [0.2, 0.25) is 0 Å². The minimum Gasteiger partial charge on any atom is -0.122 e. The molecule has 0 unspecified atom stereocenters. The lowest BCUT2D eigenvalue weighted by Crippen LogP contribution is -1.73. The quantitative estimate of drug-likeness (QED) is 0.522. The summed E-state index contributed by atoms with van der Waals surface area (Å²) in [6.45, 7) is 0. The van der Waals surface area contributed by atoms with Crippen molar-refractivity contribution < 1.29 is 0 Å². The molecule has 0 N–H and O–H groups in total. The van der Waals surface area contributed by atoms with Crippen molar-refractivity contribution in [3.8, 4) is 11.1 Å². The van der Waals surface area contributed by atoms with Crippen LogP contribution in [-0.2, 0) is 5.88 Å². The average molecular weight is 281 g/mol. The first kappa shape index (κ1) is 14.4. The third-order valence-corrected chi connectivity index (χ3v) is 3.19. The van der Waals surface area contributed by atoms with Crippen LogP contribution in [0.2, 0.25) is 0 Å². The van der Waals surface area contributed by atoms with E-state index in [0.717, 1.165) is 0 Å². The second-order valence-electron chi connectivity index (χ2n) is 4.35. The second kappa shape index (κ2) is 8.19. The SMILES string of the molecule is ClCc1ccccc1.c1ccc(-c2ccccc2)cc1. The fraction of sp³-hybridized carbons (Fsp3) is 0.0526. The Balaban J connectivity index is 0.000000160. The molecular weight excluding hydrogens is 264 g/mol. The highest BCUT2D eigenvalue weighted by Crippen LogP contribution is 2.17. The molecule has 0 aliphatic rings. The molecule has 3 aromatic carbocycles. The zero-order valence-corrected chi connectivity index (χ0v) is 12.0. The predicted molar refractivity (Wildman–Crippen MR) is 87.9 cm³/mol. The van der Waals surface area contributed by atoms with Crippen molar-refractivity contribution in [3.63, 3.8) is 0 Å². The van der Waals surface area contributed by atoms with Crippen LogP contribution in [0.1, 0.15) is 5.56 Å². The standard InChI is InChI=1S/C12H10.C7H7Cl/c1-3-7-11(8-4-1)12-9-5-2-6-10-12;8-6-7-4-2-1-3-5-7/h1-10H;1-5H,6H2. The molecule has 0 radical (unpaired) electrons. The molecule has 0 aliphatic carbocycles. The summed E-state index contributed by atoms with van der Waals surface area (Å²) in [7, 11) is 0. The highest BCUT2D eigenvalue weighted by molar-refractivity contribution is 6.17. The molecule has 0 fully saturated rings. The number of benzene rings is 3. The van der Waals surface area contributed by atoms with Gasteiger partial charge in [0.15, 0.2) is 0 Å². The van der Waals surface area contributed by atoms with E-state index in [4.69, 9.17) is 11.6 Å². The van der Waals surface area contributed by atoms with Crippen LogP contribution in [0.3, 0.4) is 0 Å². The molecule has 0 aromatic heterocycles. The van der Waals surface area contributed by atoms with E-state index >= 15 is 0 Å². The molecule has 0 heterocycles. The third kappa shape index (κ3) is 4.56. The van der Waals surface area contributed by atoms with Crippen LogP contribution >= 0.6 is 11.6 Å². The van der Waals surface area contributed by atoms with E-state index in [1.807, 2.05) is 42.5 Å². The second-order valence-corrected chi connectivity index (χ2v) is 4.62. The van der Waals surface area contributed by atoms with Crippen molar-refractivity contribution >= 4 is 11.6 Å². The molecule has 0 bridgehead atoms. The average Bonchev–Trinajstić information content (AvgIpc) is 2.58. The molecule has 0 atom stereocenters. The van der Waals surface area contributed by atoms with Crippen molar-refractivity contribution in [1.29, 1.82) is 0 Å². The summed E-state index contributed by atoms with van der Waals surface area (Å²) in [6, 6.07) is 30.7. The smallest absolute Gasteiger partial charge is 0.0474 e. The van der Waals surface area contributed by atoms with Crippen LogP contribution < -0.4 is 0 Å². The van der Waals surface area contributed by atoms with Crippen molar-refractivity contribution in [1.82, 2.24) is 0 Å². The van der Waals surface area contributed by atoms with E-state index in [-0.39, 0.29) is 0 Å². The van der Waals surface area contributed by atoms with Gasteiger partial charge in [-0.25, -0.2) is 0 Å². The first-order valence-corrected chi connectivity index (χ1v) is 7.14. The van der Waals surface area contributed by atoms with Crippen LogP contribution in [0, 0.1) is 0 Å². The van der Waals surface area contributed by atoms with Gasteiger partial charge in [0.1, 0.15) is 0 Å². The van der Waals surface area contributed by atoms with Crippen LogP contribution in [0.4, 0.5) is 0 Å². The molecule has 1 heteroatoms. The van der Waals surface area contributed by atoms with Gasteiger partial charge in [-0.05, 0) is 16.7 Å². The van der Waals surface area contributed by atoms with Crippen molar-refractivity contribution in [2.75, 3.05) is 0 Å². The van der Waals surface area contributed by atoms with Gasteiger partial charge in [0, 0.05) is 5.88 Å². The molecule has 0 nitrogen and oxygen atoms in total. The zero-order chi connectivity index (χ0) is 14.0. The Kier molecular flexibility index (Phi) is 5.88. The predicted octanol–water partition coefficient (Wildman–Crippen LogP) is 5.78. The molecule has 3 aromatic rings. The largest absolute Gasteiger partial charge is 0.122 e. The monoisotopic (exact) mass is 280 g/mol. The summed E-state index contributed by atoms with van der Waals surface area (Å²) >= 11 is 5.53. The van der Waals surface area contributed by atoms with E-state index in [9.17, 15) is 0 Å². The van der Waals surface area contributed by atoms with E-state index in [2.05, 4.69) is 48.5 Å². The number of rotatable bonds is 2. The molecule has 0 saturated heterocycles. The normalized spacial score (nSPS) is 9.45. The Hall–Kier alpha value is -2.05. The number of hydrogen-bond donors (Lipinski definition) is 0. The lowest BCUT2D eigenvalue weighted by molar-refractivity contribution is 1.41. The molecule has 0 aliphatic heterocycles. The van der Waals surface area contributed by atoms with E-state index in [1.165, 1.54) is 16.7 Å². The topological polar surface area (TPSA) is 0 Å². The summed E-state index contributed by atoms with van der Waals surface area (Å²) in [6.07, 6.45) is 0. The van der Waals surface area contributed by atoms with Gasteiger partial charge in [-0.1, -0.05) is 91.0 Å². The zero-order valence-electron chi connectivity index (χ0n) is 11.2. The Morgan fingerprint density at radius 1 is 0.500 bits per heavy atom. The van der Waals surface area contributed by atoms with Crippen LogP contribution in [0.15, 0.2) is 91.0 Å². The maximum absolute atomic E-state index is 5.53. The van der Waals surface area contributed by atoms with Crippen LogP contribution in [-0.4, -0.2) is 0 Å². The van der Waals surface area contributed by atoms with Crippen molar-refractivity contribution in [2.45, 2.75) is 5.88 Å². The van der Waals surface area contributed by atoms with E-state index in [1.54, 1.807) is 0 Å². The first-order valence-electron chi connectivity index (χ1n) is 6.60. The molecular formula is C19H17Cl. The highest BCUT2D eigenvalue weighted by atomic mass is 35.5. The first-order chi connectivity index (χ1) is 9.90. The maximum Gasteiger partial charge on any atom is 0.0474 e. The Labute approximate surface area is 125 Å². The number of halogens is 1. The van der Waals surface area contributed by atoms with Gasteiger partial charge < -0.3 is 0 Å². The van der Waals surface area contributed by atoms with Gasteiger partial charge in [0.05, 0.1) is 0 Å². The summed E-state index contributed by atoms with van der Waals surface area (Å²) in [4.78, 5) is 0. The molecule has 3 rings (SSSR count). The summed E-state index contributed by atoms with van der Waals surface area (Å²) < 4.78 is 0. The summed E-state index contributed by atoms with van der Waals surface area (Å²) in [5.74, 6) is 0.612. The van der Waals surface area contributed by atoms with Crippen molar-refractivity contribution in [3.05, 3.63) is 96.6 Å². The summed E-state index contributed by atoms with van der Waals surface area (Å²) in [5.41, 5.74) is 3.73. The lowest BCUT2D eigenvalue weighted by Gasteiger charge is -1.98. The Morgan fingerprint density at radius 2 is 0.850 bits per heavy atom. The van der Waals surface area contributed by atoms with Gasteiger partial charge in [-0.15, -0.1) is 11.6 Å². The van der Waals surface area contributed by atoms with Gasteiger partial charge >= 0.3 is 0 Å². The van der Waals surface area contributed by atoms with Gasteiger partial charge in [-0.2, -0.15) is 0 Å². The highest BCUT2D eigenvalue weighted by Gasteiger charge is 1.91. The number of alkyl halides is 1.